The predicted octanol–water partition coefficient (Wildman–Crippen LogP) is 0.259. The Labute approximate surface area is 107 Å². The molecule has 1 fully saturated rings. The zero-order chi connectivity index (χ0) is 13.8. The first-order chi connectivity index (χ1) is 8.30. The third-order valence-electron chi connectivity index (χ3n) is 2.60. The highest BCUT2D eigenvalue weighted by atomic mass is 32.2. The summed E-state index contributed by atoms with van der Waals surface area (Å²) >= 11 is 0. The number of nitrogens with one attached hydrogen (secondary N) is 2. The van der Waals surface area contributed by atoms with E-state index in [1.54, 1.807) is 18.6 Å². The van der Waals surface area contributed by atoms with Gasteiger partial charge in [-0.05, 0) is 26.7 Å². The van der Waals surface area contributed by atoms with Crippen LogP contribution < -0.4 is 9.44 Å². The fourth-order valence-corrected chi connectivity index (χ4v) is 2.83. The highest BCUT2D eigenvalue weighted by Crippen LogP contribution is 2.18. The maximum atomic E-state index is 11.6. The summed E-state index contributed by atoms with van der Waals surface area (Å²) in [5, 5.41) is 9.64. The van der Waals surface area contributed by atoms with Crippen molar-refractivity contribution in [1.82, 2.24) is 9.44 Å². The molecule has 18 heavy (non-hydrogen) atoms. The average Bonchev–Trinajstić information content (AvgIpc) is 2.18. The van der Waals surface area contributed by atoms with Gasteiger partial charge in [-0.3, -0.25) is 0 Å². The third-order valence-corrected chi connectivity index (χ3v) is 3.64. The molecule has 1 aliphatic rings. The number of hydrogen-bond acceptors (Lipinski definition) is 5. The molecule has 1 rings (SSSR count). The molecule has 0 aromatic heterocycles. The van der Waals surface area contributed by atoms with E-state index in [0.29, 0.717) is 12.8 Å². The SMILES string of the molecule is CC(C)OC(=O)NS(=O)(=O)NC1CCCCC1O. The lowest BCUT2D eigenvalue weighted by molar-refractivity contribution is 0.100. The molecule has 1 aliphatic carbocycles. The van der Waals surface area contributed by atoms with Crippen LogP contribution in [-0.2, 0) is 14.9 Å². The Balaban J connectivity index is 2.51. The summed E-state index contributed by atoms with van der Waals surface area (Å²) in [6, 6.07) is -0.553. The highest BCUT2D eigenvalue weighted by molar-refractivity contribution is 7.88. The van der Waals surface area contributed by atoms with Gasteiger partial charge in [0, 0.05) is 6.04 Å². The quantitative estimate of drug-likeness (QED) is 0.685. The van der Waals surface area contributed by atoms with Crippen LogP contribution in [0.2, 0.25) is 0 Å². The van der Waals surface area contributed by atoms with E-state index in [1.165, 1.54) is 0 Å². The lowest BCUT2D eigenvalue weighted by atomic mass is 9.93. The molecule has 0 heterocycles. The molecule has 1 amide bonds. The van der Waals surface area contributed by atoms with Crippen LogP contribution in [0.1, 0.15) is 39.5 Å². The van der Waals surface area contributed by atoms with E-state index in [9.17, 15) is 18.3 Å². The van der Waals surface area contributed by atoms with Gasteiger partial charge in [0.25, 0.3) is 0 Å². The number of carbonyl (C=O) groups excluding carboxylic acids is 1. The molecular formula is C10H20N2O5S. The van der Waals surface area contributed by atoms with Crippen molar-refractivity contribution in [3.8, 4) is 0 Å². The Morgan fingerprint density at radius 3 is 2.50 bits per heavy atom. The third kappa shape index (κ3) is 5.19. The van der Waals surface area contributed by atoms with Crippen LogP contribution in [0.25, 0.3) is 0 Å². The van der Waals surface area contributed by atoms with Gasteiger partial charge in [0.2, 0.25) is 0 Å². The summed E-state index contributed by atoms with van der Waals surface area (Å²) in [6.07, 6.45) is 0.702. The summed E-state index contributed by atoms with van der Waals surface area (Å²) in [5.41, 5.74) is 0. The summed E-state index contributed by atoms with van der Waals surface area (Å²) < 4.78 is 31.9. The maximum absolute atomic E-state index is 11.6. The minimum atomic E-state index is -3.99. The largest absolute Gasteiger partial charge is 0.446 e. The van der Waals surface area contributed by atoms with Gasteiger partial charge in [0.05, 0.1) is 12.2 Å². The number of aliphatic hydroxyl groups is 1. The first-order valence-electron chi connectivity index (χ1n) is 5.99. The standard InChI is InChI=1S/C10H20N2O5S/c1-7(2)17-10(14)12-18(15,16)11-8-5-3-4-6-9(8)13/h7-9,11,13H,3-6H2,1-2H3,(H,12,14). The Bertz CT molecular complexity index is 382. The lowest BCUT2D eigenvalue weighted by Gasteiger charge is -2.27. The van der Waals surface area contributed by atoms with E-state index in [-0.39, 0.29) is 0 Å². The van der Waals surface area contributed by atoms with Crippen molar-refractivity contribution < 1.29 is 23.1 Å². The molecule has 0 radical (unpaired) electrons. The van der Waals surface area contributed by atoms with Crippen LogP contribution in [0.5, 0.6) is 0 Å². The predicted molar refractivity (Wildman–Crippen MR) is 65.1 cm³/mol. The van der Waals surface area contributed by atoms with Crippen LogP contribution in [0.15, 0.2) is 0 Å². The Kier molecular flexibility index (Phi) is 5.36. The first-order valence-corrected chi connectivity index (χ1v) is 7.47. The molecule has 2 atom stereocenters. The van der Waals surface area contributed by atoms with Gasteiger partial charge in [-0.2, -0.15) is 13.1 Å². The molecule has 3 N–H and O–H groups in total. The molecule has 2 unspecified atom stereocenters. The minimum Gasteiger partial charge on any atom is -0.446 e. The molecule has 7 nitrogen and oxygen atoms in total. The second-order valence-corrected chi connectivity index (χ2v) is 6.08. The van der Waals surface area contributed by atoms with Crippen molar-refractivity contribution in [2.24, 2.45) is 0 Å². The Morgan fingerprint density at radius 2 is 1.94 bits per heavy atom. The lowest BCUT2D eigenvalue weighted by Crippen LogP contribution is -2.50. The first kappa shape index (κ1) is 15.2. The zero-order valence-electron chi connectivity index (χ0n) is 10.5. The number of ether oxygens (including phenoxy) is 1. The smallest absolute Gasteiger partial charge is 0.422 e. The molecule has 0 saturated heterocycles. The Morgan fingerprint density at radius 1 is 1.33 bits per heavy atom. The second kappa shape index (κ2) is 6.35. The molecule has 106 valence electrons. The van der Waals surface area contributed by atoms with Crippen molar-refractivity contribution in [2.45, 2.75) is 57.8 Å². The molecule has 0 bridgehead atoms. The Hall–Kier alpha value is -0.860. The number of aliphatic hydroxyl groups excluding tert-OH is 1. The monoisotopic (exact) mass is 280 g/mol. The molecule has 8 heteroatoms. The number of hydrogen-bond donors (Lipinski definition) is 3. The number of amides is 1. The van der Waals surface area contributed by atoms with Gasteiger partial charge in [-0.1, -0.05) is 12.8 Å². The van der Waals surface area contributed by atoms with Crippen LogP contribution in [0, 0.1) is 0 Å². The van der Waals surface area contributed by atoms with E-state index in [4.69, 9.17) is 0 Å². The van der Waals surface area contributed by atoms with Gasteiger partial charge < -0.3 is 9.84 Å². The van der Waals surface area contributed by atoms with Crippen molar-refractivity contribution in [3.63, 3.8) is 0 Å². The molecule has 0 aromatic rings. The van der Waals surface area contributed by atoms with Gasteiger partial charge in [-0.25, -0.2) is 9.52 Å². The zero-order valence-corrected chi connectivity index (χ0v) is 11.4. The number of rotatable bonds is 4. The normalized spacial score (nSPS) is 24.9. The maximum Gasteiger partial charge on any atom is 0.422 e. The molecule has 0 aliphatic heterocycles. The topological polar surface area (TPSA) is 105 Å². The van der Waals surface area contributed by atoms with Crippen molar-refractivity contribution in [2.75, 3.05) is 0 Å². The fourth-order valence-electron chi connectivity index (χ4n) is 1.83. The van der Waals surface area contributed by atoms with Gasteiger partial charge in [-0.15, -0.1) is 0 Å². The van der Waals surface area contributed by atoms with Crippen molar-refractivity contribution in [1.29, 1.82) is 0 Å². The highest BCUT2D eigenvalue weighted by Gasteiger charge is 2.28. The average molecular weight is 280 g/mol. The fraction of sp³-hybridized carbons (Fsp3) is 0.900. The molecule has 0 spiro atoms. The van der Waals surface area contributed by atoms with Gasteiger partial charge >= 0.3 is 16.3 Å². The van der Waals surface area contributed by atoms with Crippen LogP contribution >= 0.6 is 0 Å². The molecule has 0 aromatic carbocycles. The van der Waals surface area contributed by atoms with Crippen LogP contribution in [0.4, 0.5) is 4.79 Å². The second-order valence-electron chi connectivity index (χ2n) is 4.64. The summed E-state index contributed by atoms with van der Waals surface area (Å²) in [7, 11) is -3.99. The number of carbonyl (C=O) groups is 1. The van der Waals surface area contributed by atoms with Gasteiger partial charge in [0.15, 0.2) is 0 Å². The van der Waals surface area contributed by atoms with E-state index in [1.807, 2.05) is 0 Å². The summed E-state index contributed by atoms with van der Waals surface area (Å²) in [6.45, 7) is 3.23. The molecular weight excluding hydrogens is 260 g/mol. The van der Waals surface area contributed by atoms with E-state index >= 15 is 0 Å². The summed E-state index contributed by atoms with van der Waals surface area (Å²) in [5.74, 6) is 0. The van der Waals surface area contributed by atoms with Crippen molar-refractivity contribution >= 4 is 16.3 Å². The van der Waals surface area contributed by atoms with Crippen LogP contribution in [-0.4, -0.2) is 37.9 Å². The summed E-state index contributed by atoms with van der Waals surface area (Å²) in [4.78, 5) is 11.2. The van der Waals surface area contributed by atoms with Crippen LogP contribution in [0.3, 0.4) is 0 Å². The van der Waals surface area contributed by atoms with E-state index in [2.05, 4.69) is 9.46 Å². The van der Waals surface area contributed by atoms with Gasteiger partial charge in [0.1, 0.15) is 0 Å². The van der Waals surface area contributed by atoms with Crippen molar-refractivity contribution in [3.05, 3.63) is 0 Å². The minimum absolute atomic E-state index is 0.402. The molecule has 1 saturated carbocycles. The van der Waals surface area contributed by atoms with E-state index in [0.717, 1.165) is 12.8 Å². The van der Waals surface area contributed by atoms with E-state index < -0.39 is 34.6 Å².